The van der Waals surface area contributed by atoms with E-state index in [2.05, 4.69) is 41.7 Å². The van der Waals surface area contributed by atoms with Crippen LogP contribution in [0.1, 0.15) is 35.4 Å². The van der Waals surface area contributed by atoms with E-state index in [0.29, 0.717) is 17.6 Å². The summed E-state index contributed by atoms with van der Waals surface area (Å²) < 4.78 is 0. The number of rotatable bonds is 5. The number of phenols is 1. The fraction of sp³-hybridized carbons (Fsp3) is 0.400. The summed E-state index contributed by atoms with van der Waals surface area (Å²) in [5.41, 5.74) is 4.19. The quantitative estimate of drug-likeness (QED) is 0.877. The molecule has 1 aliphatic rings. The van der Waals surface area contributed by atoms with Crippen molar-refractivity contribution in [3.8, 4) is 5.75 Å². The first kappa shape index (κ1) is 15.1. The Kier molecular flexibility index (Phi) is 4.79. The molecule has 3 rings (SSSR count). The summed E-state index contributed by atoms with van der Waals surface area (Å²) in [6, 6.07) is 16.7. The number of hydrogen-bond acceptors (Lipinski definition) is 2. The van der Waals surface area contributed by atoms with Crippen LogP contribution < -0.4 is 5.32 Å². The molecule has 0 radical (unpaired) electrons. The van der Waals surface area contributed by atoms with E-state index < -0.39 is 0 Å². The van der Waals surface area contributed by atoms with Crippen molar-refractivity contribution in [2.24, 2.45) is 5.92 Å². The minimum absolute atomic E-state index is 0.396. The molecule has 2 heteroatoms. The van der Waals surface area contributed by atoms with E-state index in [1.165, 1.54) is 29.5 Å². The van der Waals surface area contributed by atoms with Crippen LogP contribution in [0.5, 0.6) is 5.75 Å². The lowest BCUT2D eigenvalue weighted by molar-refractivity contribution is 0.365. The van der Waals surface area contributed by atoms with E-state index in [4.69, 9.17) is 0 Å². The normalized spacial score (nSPS) is 18.7. The standard InChI is InChI=1S/C20H25NO/c1-21-14-17(12-15-6-3-2-4-7-15)19-9-5-8-16-13-18(22)10-11-20(16)19/h2-4,6-7,10-11,13,17,19,21-22H,5,8-9,12,14H2,1H3. The molecule has 0 spiro atoms. The molecule has 0 aliphatic heterocycles. The molecule has 2 unspecified atom stereocenters. The van der Waals surface area contributed by atoms with Gasteiger partial charge in [-0.2, -0.15) is 0 Å². The maximum absolute atomic E-state index is 9.74. The van der Waals surface area contributed by atoms with Gasteiger partial charge < -0.3 is 10.4 Å². The van der Waals surface area contributed by atoms with Gasteiger partial charge in [-0.05, 0) is 79.9 Å². The van der Waals surface area contributed by atoms with Gasteiger partial charge >= 0.3 is 0 Å². The molecule has 116 valence electrons. The molecule has 0 bridgehead atoms. The molecule has 1 aliphatic carbocycles. The smallest absolute Gasteiger partial charge is 0.115 e. The van der Waals surface area contributed by atoms with Crippen LogP contribution >= 0.6 is 0 Å². The van der Waals surface area contributed by atoms with Crippen molar-refractivity contribution in [2.75, 3.05) is 13.6 Å². The van der Waals surface area contributed by atoms with E-state index in [9.17, 15) is 5.11 Å². The highest BCUT2D eigenvalue weighted by Gasteiger charge is 2.27. The Balaban J connectivity index is 1.86. The topological polar surface area (TPSA) is 32.3 Å². The highest BCUT2D eigenvalue weighted by atomic mass is 16.3. The number of fused-ring (bicyclic) bond motifs is 1. The SMILES string of the molecule is CNCC(Cc1ccccc1)C1CCCc2cc(O)ccc21. The molecule has 0 saturated carbocycles. The zero-order valence-electron chi connectivity index (χ0n) is 13.3. The minimum Gasteiger partial charge on any atom is -0.508 e. The average molecular weight is 295 g/mol. The minimum atomic E-state index is 0.396. The maximum atomic E-state index is 9.74. The van der Waals surface area contributed by atoms with Crippen molar-refractivity contribution in [2.45, 2.75) is 31.6 Å². The van der Waals surface area contributed by atoms with Crippen LogP contribution in [0.15, 0.2) is 48.5 Å². The van der Waals surface area contributed by atoms with Crippen molar-refractivity contribution in [3.63, 3.8) is 0 Å². The summed E-state index contributed by atoms with van der Waals surface area (Å²) >= 11 is 0. The Hall–Kier alpha value is -1.80. The second kappa shape index (κ2) is 6.97. The second-order valence-corrected chi connectivity index (χ2v) is 6.39. The van der Waals surface area contributed by atoms with Crippen LogP contribution in [0, 0.1) is 5.92 Å². The molecule has 0 aromatic heterocycles. The van der Waals surface area contributed by atoms with Crippen LogP contribution in [-0.2, 0) is 12.8 Å². The van der Waals surface area contributed by atoms with Gasteiger partial charge in [-0.25, -0.2) is 0 Å². The van der Waals surface area contributed by atoms with Gasteiger partial charge in [0.2, 0.25) is 0 Å². The van der Waals surface area contributed by atoms with E-state index in [0.717, 1.165) is 19.4 Å². The van der Waals surface area contributed by atoms with Crippen LogP contribution in [0.3, 0.4) is 0 Å². The molecule has 0 fully saturated rings. The van der Waals surface area contributed by atoms with Crippen molar-refractivity contribution in [3.05, 3.63) is 65.2 Å². The first-order valence-electron chi connectivity index (χ1n) is 8.28. The lowest BCUT2D eigenvalue weighted by atomic mass is 9.73. The van der Waals surface area contributed by atoms with Gasteiger partial charge in [-0.15, -0.1) is 0 Å². The zero-order valence-corrected chi connectivity index (χ0v) is 13.3. The van der Waals surface area contributed by atoms with E-state index in [1.54, 1.807) is 0 Å². The van der Waals surface area contributed by atoms with Gasteiger partial charge in [0, 0.05) is 0 Å². The summed E-state index contributed by atoms with van der Waals surface area (Å²) in [5, 5.41) is 13.1. The molecule has 2 atom stereocenters. The van der Waals surface area contributed by atoms with Gasteiger partial charge in [0.05, 0.1) is 0 Å². The summed E-state index contributed by atoms with van der Waals surface area (Å²) in [6.07, 6.45) is 4.66. The third-order valence-corrected chi connectivity index (χ3v) is 4.86. The zero-order chi connectivity index (χ0) is 15.4. The number of benzene rings is 2. The van der Waals surface area contributed by atoms with E-state index in [-0.39, 0.29) is 0 Å². The Morgan fingerprint density at radius 1 is 1.18 bits per heavy atom. The number of phenolic OH excluding ortho intramolecular Hbond substituents is 1. The van der Waals surface area contributed by atoms with Crippen molar-refractivity contribution < 1.29 is 5.11 Å². The fourth-order valence-electron chi connectivity index (χ4n) is 3.86. The van der Waals surface area contributed by atoms with Crippen molar-refractivity contribution in [1.82, 2.24) is 5.32 Å². The highest BCUT2D eigenvalue weighted by Crippen LogP contribution is 2.39. The predicted octanol–water partition coefficient (Wildman–Crippen LogP) is 3.89. The molecule has 0 saturated heterocycles. The number of aryl methyl sites for hydroxylation is 1. The Labute approximate surface area is 133 Å². The van der Waals surface area contributed by atoms with Crippen LogP contribution in [0.4, 0.5) is 0 Å². The Morgan fingerprint density at radius 2 is 2.00 bits per heavy atom. The molecular weight excluding hydrogens is 270 g/mol. The molecular formula is C20H25NO. The van der Waals surface area contributed by atoms with Crippen LogP contribution in [0.2, 0.25) is 0 Å². The van der Waals surface area contributed by atoms with Gasteiger partial charge in [0.25, 0.3) is 0 Å². The molecule has 0 amide bonds. The summed E-state index contributed by atoms with van der Waals surface area (Å²) in [4.78, 5) is 0. The molecule has 2 nitrogen and oxygen atoms in total. The van der Waals surface area contributed by atoms with E-state index in [1.807, 2.05) is 19.2 Å². The lowest BCUT2D eigenvalue weighted by Crippen LogP contribution is -2.29. The number of nitrogens with one attached hydrogen (secondary N) is 1. The summed E-state index contributed by atoms with van der Waals surface area (Å²) in [7, 11) is 2.04. The first-order chi connectivity index (χ1) is 10.8. The van der Waals surface area contributed by atoms with Crippen LogP contribution in [0.25, 0.3) is 0 Å². The molecule has 0 heterocycles. The predicted molar refractivity (Wildman–Crippen MR) is 91.3 cm³/mol. The fourth-order valence-corrected chi connectivity index (χ4v) is 3.86. The molecule has 2 N–H and O–H groups in total. The average Bonchev–Trinajstić information content (AvgIpc) is 2.54. The number of hydrogen-bond donors (Lipinski definition) is 2. The second-order valence-electron chi connectivity index (χ2n) is 6.39. The van der Waals surface area contributed by atoms with Gasteiger partial charge in [0.1, 0.15) is 5.75 Å². The number of aromatic hydroxyl groups is 1. The van der Waals surface area contributed by atoms with E-state index >= 15 is 0 Å². The highest BCUT2D eigenvalue weighted by molar-refractivity contribution is 5.39. The maximum Gasteiger partial charge on any atom is 0.115 e. The third-order valence-electron chi connectivity index (χ3n) is 4.86. The molecule has 22 heavy (non-hydrogen) atoms. The van der Waals surface area contributed by atoms with Crippen LogP contribution in [-0.4, -0.2) is 18.7 Å². The summed E-state index contributed by atoms with van der Waals surface area (Å²) in [6.45, 7) is 1.03. The molecule has 2 aromatic carbocycles. The van der Waals surface area contributed by atoms with Gasteiger partial charge in [0.15, 0.2) is 0 Å². The molecule has 2 aromatic rings. The van der Waals surface area contributed by atoms with Crippen molar-refractivity contribution in [1.29, 1.82) is 0 Å². The Bertz CT molecular complexity index is 608. The third kappa shape index (κ3) is 3.33. The van der Waals surface area contributed by atoms with Gasteiger partial charge in [-0.3, -0.25) is 0 Å². The van der Waals surface area contributed by atoms with Gasteiger partial charge in [-0.1, -0.05) is 36.4 Å². The van der Waals surface area contributed by atoms with Crippen molar-refractivity contribution >= 4 is 0 Å². The summed E-state index contributed by atoms with van der Waals surface area (Å²) in [5.74, 6) is 1.57. The monoisotopic (exact) mass is 295 g/mol. The lowest BCUT2D eigenvalue weighted by Gasteiger charge is -2.33. The first-order valence-corrected chi connectivity index (χ1v) is 8.28. The Morgan fingerprint density at radius 3 is 2.77 bits per heavy atom. The largest absolute Gasteiger partial charge is 0.508 e.